The average molecular weight is 289 g/mol. The van der Waals surface area contributed by atoms with Gasteiger partial charge < -0.3 is 4.90 Å². The lowest BCUT2D eigenvalue weighted by molar-refractivity contribution is -0.126. The lowest BCUT2D eigenvalue weighted by atomic mass is 9.92. The number of hydrogen-bond acceptors (Lipinski definition) is 1. The van der Waals surface area contributed by atoms with Crippen LogP contribution in [0.3, 0.4) is 0 Å². The highest BCUT2D eigenvalue weighted by atomic mass is 16.2. The standard InChI is InChI=1S/C19H31NO/c1-7-10-16(11-8-2)20(18(21)19(4,5)6)17-13-9-12-15(3)14-17/h9,12-14,16H,7-8,10-11H2,1-6H3. The van der Waals surface area contributed by atoms with Gasteiger partial charge in [0, 0.05) is 17.1 Å². The van der Waals surface area contributed by atoms with Gasteiger partial charge >= 0.3 is 0 Å². The SMILES string of the molecule is CCCC(CCC)N(C(=O)C(C)(C)C)c1cccc(C)c1. The molecular formula is C19H31NO. The lowest BCUT2D eigenvalue weighted by Crippen LogP contribution is -2.46. The smallest absolute Gasteiger partial charge is 0.232 e. The molecule has 0 bridgehead atoms. The van der Waals surface area contributed by atoms with Gasteiger partial charge in [0.25, 0.3) is 0 Å². The second-order valence-electron chi connectivity index (χ2n) is 7.00. The first-order valence-electron chi connectivity index (χ1n) is 8.21. The Morgan fingerprint density at radius 1 is 1.14 bits per heavy atom. The van der Waals surface area contributed by atoms with Gasteiger partial charge in [-0.15, -0.1) is 0 Å². The molecular weight excluding hydrogens is 258 g/mol. The molecule has 0 saturated heterocycles. The van der Waals surface area contributed by atoms with E-state index in [1.54, 1.807) is 0 Å². The van der Waals surface area contributed by atoms with E-state index in [9.17, 15) is 4.79 Å². The van der Waals surface area contributed by atoms with E-state index in [-0.39, 0.29) is 11.3 Å². The average Bonchev–Trinajstić information content (AvgIpc) is 2.38. The van der Waals surface area contributed by atoms with Gasteiger partial charge in [0.05, 0.1) is 0 Å². The maximum absolute atomic E-state index is 13.0. The highest BCUT2D eigenvalue weighted by molar-refractivity contribution is 5.97. The second kappa shape index (κ2) is 7.63. The van der Waals surface area contributed by atoms with Crippen molar-refractivity contribution < 1.29 is 4.79 Å². The van der Waals surface area contributed by atoms with Crippen molar-refractivity contribution in [1.82, 2.24) is 0 Å². The van der Waals surface area contributed by atoms with Crippen molar-refractivity contribution in [2.75, 3.05) is 4.90 Å². The first kappa shape index (κ1) is 17.7. The number of carbonyl (C=O) groups excluding carboxylic acids is 1. The molecule has 0 unspecified atom stereocenters. The Kier molecular flexibility index (Phi) is 6.44. The Hall–Kier alpha value is -1.31. The second-order valence-corrected chi connectivity index (χ2v) is 7.00. The zero-order chi connectivity index (χ0) is 16.0. The molecule has 0 N–H and O–H groups in total. The van der Waals surface area contributed by atoms with Crippen LogP contribution in [0.4, 0.5) is 5.69 Å². The predicted molar refractivity (Wildman–Crippen MR) is 91.7 cm³/mol. The summed E-state index contributed by atoms with van der Waals surface area (Å²) in [7, 11) is 0. The molecule has 2 heteroatoms. The summed E-state index contributed by atoms with van der Waals surface area (Å²) in [6, 6.07) is 8.62. The zero-order valence-corrected chi connectivity index (χ0v) is 14.6. The number of hydrogen-bond donors (Lipinski definition) is 0. The van der Waals surface area contributed by atoms with Gasteiger partial charge in [-0.3, -0.25) is 4.79 Å². The summed E-state index contributed by atoms with van der Waals surface area (Å²) in [5.41, 5.74) is 1.89. The van der Waals surface area contributed by atoms with E-state index < -0.39 is 0 Å². The van der Waals surface area contributed by atoms with Crippen molar-refractivity contribution in [3.8, 4) is 0 Å². The lowest BCUT2D eigenvalue weighted by Gasteiger charge is -2.36. The number of nitrogens with zero attached hydrogens (tertiary/aromatic N) is 1. The number of aryl methyl sites for hydroxylation is 1. The van der Waals surface area contributed by atoms with Crippen LogP contribution in [0.5, 0.6) is 0 Å². The monoisotopic (exact) mass is 289 g/mol. The molecule has 0 aliphatic carbocycles. The summed E-state index contributed by atoms with van der Waals surface area (Å²) in [5, 5.41) is 0. The number of rotatable bonds is 6. The molecule has 0 spiro atoms. The fourth-order valence-electron chi connectivity index (χ4n) is 2.70. The van der Waals surface area contributed by atoms with Crippen LogP contribution in [0.2, 0.25) is 0 Å². The molecule has 1 aromatic rings. The Balaban J connectivity index is 3.24. The van der Waals surface area contributed by atoms with Gasteiger partial charge in [0.2, 0.25) is 5.91 Å². The molecule has 0 aliphatic rings. The minimum atomic E-state index is -0.358. The van der Waals surface area contributed by atoms with Gasteiger partial charge in [-0.1, -0.05) is 59.6 Å². The van der Waals surface area contributed by atoms with Crippen LogP contribution in [0.15, 0.2) is 24.3 Å². The molecule has 1 rings (SSSR count). The van der Waals surface area contributed by atoms with Crippen molar-refractivity contribution in [3.05, 3.63) is 29.8 Å². The quantitative estimate of drug-likeness (QED) is 0.692. The maximum atomic E-state index is 13.0. The summed E-state index contributed by atoms with van der Waals surface area (Å²) in [6.45, 7) is 12.5. The molecule has 21 heavy (non-hydrogen) atoms. The van der Waals surface area contributed by atoms with E-state index in [4.69, 9.17) is 0 Å². The zero-order valence-electron chi connectivity index (χ0n) is 14.6. The fourth-order valence-corrected chi connectivity index (χ4v) is 2.70. The number of amides is 1. The van der Waals surface area contributed by atoms with Gasteiger partial charge in [-0.25, -0.2) is 0 Å². The topological polar surface area (TPSA) is 20.3 Å². The summed E-state index contributed by atoms with van der Waals surface area (Å²) in [4.78, 5) is 15.0. The van der Waals surface area contributed by atoms with Crippen LogP contribution >= 0.6 is 0 Å². The van der Waals surface area contributed by atoms with E-state index in [1.807, 2.05) is 26.8 Å². The molecule has 0 fully saturated rings. The third kappa shape index (κ3) is 4.87. The summed E-state index contributed by atoms with van der Waals surface area (Å²) in [5.74, 6) is 0.222. The van der Waals surface area contributed by atoms with Gasteiger partial charge in [-0.05, 0) is 37.5 Å². The first-order valence-corrected chi connectivity index (χ1v) is 8.21. The van der Waals surface area contributed by atoms with Crippen molar-refractivity contribution in [2.45, 2.75) is 73.3 Å². The molecule has 1 aromatic carbocycles. The number of benzene rings is 1. The molecule has 0 radical (unpaired) electrons. The molecule has 118 valence electrons. The molecule has 0 heterocycles. The van der Waals surface area contributed by atoms with Crippen molar-refractivity contribution in [3.63, 3.8) is 0 Å². The van der Waals surface area contributed by atoms with E-state index in [0.717, 1.165) is 31.4 Å². The molecule has 1 amide bonds. The summed E-state index contributed by atoms with van der Waals surface area (Å²) >= 11 is 0. The summed E-state index contributed by atoms with van der Waals surface area (Å²) < 4.78 is 0. The Labute approximate surface area is 130 Å². The maximum Gasteiger partial charge on any atom is 0.232 e. The predicted octanol–water partition coefficient (Wildman–Crippen LogP) is 5.34. The third-order valence-electron chi connectivity index (χ3n) is 3.75. The Bertz CT molecular complexity index is 453. The van der Waals surface area contributed by atoms with Crippen LogP contribution in [0.1, 0.15) is 65.9 Å². The van der Waals surface area contributed by atoms with Crippen LogP contribution in [0, 0.1) is 12.3 Å². The van der Waals surface area contributed by atoms with E-state index in [1.165, 1.54) is 5.56 Å². The molecule has 0 aromatic heterocycles. The van der Waals surface area contributed by atoms with E-state index >= 15 is 0 Å². The van der Waals surface area contributed by atoms with Crippen molar-refractivity contribution in [1.29, 1.82) is 0 Å². The number of carbonyl (C=O) groups is 1. The first-order chi connectivity index (χ1) is 9.81. The van der Waals surface area contributed by atoms with Crippen LogP contribution in [-0.2, 0) is 4.79 Å². The summed E-state index contributed by atoms with van der Waals surface area (Å²) in [6.07, 6.45) is 4.32. The Morgan fingerprint density at radius 3 is 2.14 bits per heavy atom. The fraction of sp³-hybridized carbons (Fsp3) is 0.632. The molecule has 0 atom stereocenters. The molecule has 0 aliphatic heterocycles. The normalized spacial score (nSPS) is 11.8. The van der Waals surface area contributed by atoms with Gasteiger partial charge in [0.1, 0.15) is 0 Å². The van der Waals surface area contributed by atoms with Crippen LogP contribution in [-0.4, -0.2) is 11.9 Å². The van der Waals surface area contributed by atoms with E-state index in [0.29, 0.717) is 6.04 Å². The minimum Gasteiger partial charge on any atom is -0.309 e. The molecule has 2 nitrogen and oxygen atoms in total. The molecule has 0 saturated carbocycles. The van der Waals surface area contributed by atoms with E-state index in [2.05, 4.69) is 43.9 Å². The van der Waals surface area contributed by atoms with Crippen LogP contribution in [0.25, 0.3) is 0 Å². The minimum absolute atomic E-state index is 0.222. The Morgan fingerprint density at radius 2 is 1.71 bits per heavy atom. The largest absolute Gasteiger partial charge is 0.309 e. The van der Waals surface area contributed by atoms with Crippen molar-refractivity contribution in [2.24, 2.45) is 5.41 Å². The van der Waals surface area contributed by atoms with Gasteiger partial charge in [-0.2, -0.15) is 0 Å². The third-order valence-corrected chi connectivity index (χ3v) is 3.75. The number of anilines is 1. The van der Waals surface area contributed by atoms with Crippen LogP contribution < -0.4 is 4.90 Å². The highest BCUT2D eigenvalue weighted by Gasteiger charge is 2.32. The highest BCUT2D eigenvalue weighted by Crippen LogP contribution is 2.29. The van der Waals surface area contributed by atoms with Crippen molar-refractivity contribution >= 4 is 11.6 Å². The van der Waals surface area contributed by atoms with Gasteiger partial charge in [0.15, 0.2) is 0 Å².